The molecule has 0 spiro atoms. The Balaban J connectivity index is 2.09. The fourth-order valence-electron chi connectivity index (χ4n) is 2.44. The van der Waals surface area contributed by atoms with E-state index >= 15 is 0 Å². The first-order valence-electron chi connectivity index (χ1n) is 5.17. The van der Waals surface area contributed by atoms with Crippen LogP contribution in [0.1, 0.15) is 19.8 Å². The Morgan fingerprint density at radius 3 is 3.07 bits per heavy atom. The van der Waals surface area contributed by atoms with Crippen molar-refractivity contribution in [2.24, 2.45) is 5.92 Å². The van der Waals surface area contributed by atoms with Crippen molar-refractivity contribution in [2.75, 3.05) is 20.1 Å². The predicted octanol–water partition coefficient (Wildman–Crippen LogP) is 0.887. The molecule has 0 aromatic heterocycles. The highest BCUT2D eigenvalue weighted by molar-refractivity contribution is 7.20. The van der Waals surface area contributed by atoms with Crippen molar-refractivity contribution in [2.45, 2.75) is 31.0 Å². The number of hydrogen-bond donors (Lipinski definition) is 0. The number of rotatable bonds is 0. The van der Waals surface area contributed by atoms with Gasteiger partial charge in [-0.1, -0.05) is 0 Å². The van der Waals surface area contributed by atoms with E-state index in [-0.39, 0.29) is 17.2 Å². The average Bonchev–Trinajstić information content (AvgIpc) is 2.07. The van der Waals surface area contributed by atoms with Gasteiger partial charge in [-0.25, -0.2) is 0 Å². The zero-order valence-corrected chi connectivity index (χ0v) is 9.98. The molecule has 2 aliphatic rings. The molecule has 3 nitrogen and oxygen atoms in total. The van der Waals surface area contributed by atoms with E-state index in [0.29, 0.717) is 5.92 Å². The number of carbonyl (C=O) groups excluding carboxylic acids is 1. The lowest BCUT2D eigenvalue weighted by Crippen LogP contribution is -2.52. The van der Waals surface area contributed by atoms with Crippen LogP contribution in [0.4, 0.5) is 0 Å². The number of nitrogens with zero attached hydrogens (tertiary/aromatic N) is 1. The first-order chi connectivity index (χ1) is 6.49. The predicted molar refractivity (Wildman–Crippen MR) is 58.2 cm³/mol. The van der Waals surface area contributed by atoms with Crippen LogP contribution >= 0.6 is 9.24 Å². The molecule has 80 valence electrons. The van der Waals surface area contributed by atoms with E-state index < -0.39 is 0 Å². The van der Waals surface area contributed by atoms with Crippen LogP contribution in [-0.4, -0.2) is 42.3 Å². The van der Waals surface area contributed by atoms with Gasteiger partial charge in [0.05, 0.1) is 5.16 Å². The monoisotopic (exact) mass is 215 g/mol. The standard InChI is InChI=1S/C10H18NO2P/c1-10(14)5-7-6-11(2)4-3-8(7)13-9(10)12/h7-8H,3-6,14H2,1-2H3. The fourth-order valence-corrected chi connectivity index (χ4v) is 2.81. The maximum atomic E-state index is 11.6. The zero-order chi connectivity index (χ0) is 10.3. The highest BCUT2D eigenvalue weighted by Gasteiger charge is 2.44. The molecule has 0 N–H and O–H groups in total. The van der Waals surface area contributed by atoms with Crippen molar-refractivity contribution in [3.05, 3.63) is 0 Å². The minimum absolute atomic E-state index is 0.0479. The van der Waals surface area contributed by atoms with Gasteiger partial charge in [0.1, 0.15) is 6.10 Å². The van der Waals surface area contributed by atoms with Crippen molar-refractivity contribution in [3.8, 4) is 0 Å². The molecule has 4 unspecified atom stereocenters. The lowest BCUT2D eigenvalue weighted by atomic mass is 9.83. The Bertz CT molecular complexity index is 255. The molecule has 4 heteroatoms. The molecule has 2 rings (SSSR count). The Morgan fingerprint density at radius 2 is 2.36 bits per heavy atom. The van der Waals surface area contributed by atoms with E-state index in [1.54, 1.807) is 0 Å². The minimum atomic E-state index is -0.362. The van der Waals surface area contributed by atoms with Crippen molar-refractivity contribution in [1.82, 2.24) is 4.90 Å². The number of carbonyl (C=O) groups is 1. The highest BCUT2D eigenvalue weighted by Crippen LogP contribution is 2.38. The van der Waals surface area contributed by atoms with Crippen molar-refractivity contribution < 1.29 is 9.53 Å². The first-order valence-corrected chi connectivity index (χ1v) is 5.75. The lowest BCUT2D eigenvalue weighted by Gasteiger charge is -2.44. The average molecular weight is 215 g/mol. The molecule has 0 saturated carbocycles. The third-order valence-corrected chi connectivity index (χ3v) is 3.75. The summed E-state index contributed by atoms with van der Waals surface area (Å²) in [4.78, 5) is 13.9. The van der Waals surface area contributed by atoms with Crippen LogP contribution in [-0.2, 0) is 9.53 Å². The second kappa shape index (κ2) is 3.46. The lowest BCUT2D eigenvalue weighted by molar-refractivity contribution is -0.166. The maximum Gasteiger partial charge on any atom is 0.315 e. The minimum Gasteiger partial charge on any atom is -0.461 e. The van der Waals surface area contributed by atoms with E-state index in [1.165, 1.54) is 0 Å². The summed E-state index contributed by atoms with van der Waals surface area (Å²) < 4.78 is 5.47. The van der Waals surface area contributed by atoms with E-state index in [9.17, 15) is 4.79 Å². The van der Waals surface area contributed by atoms with Gasteiger partial charge in [0.15, 0.2) is 0 Å². The van der Waals surface area contributed by atoms with Gasteiger partial charge >= 0.3 is 5.97 Å². The number of likely N-dealkylation sites (tertiary alicyclic amines) is 1. The molecule has 2 heterocycles. The summed E-state index contributed by atoms with van der Waals surface area (Å²) in [5.74, 6) is 0.474. The summed E-state index contributed by atoms with van der Waals surface area (Å²) in [5.41, 5.74) is 0. The number of esters is 1. The molecule has 2 aliphatic heterocycles. The number of fused-ring (bicyclic) bond motifs is 1. The van der Waals surface area contributed by atoms with Gasteiger partial charge < -0.3 is 9.64 Å². The summed E-state index contributed by atoms with van der Waals surface area (Å²) in [6.07, 6.45) is 2.10. The third-order valence-electron chi connectivity index (χ3n) is 3.28. The largest absolute Gasteiger partial charge is 0.461 e. The highest BCUT2D eigenvalue weighted by atomic mass is 31.0. The maximum absolute atomic E-state index is 11.6. The molecule has 2 fully saturated rings. The van der Waals surface area contributed by atoms with Gasteiger partial charge in [0.25, 0.3) is 0 Å². The van der Waals surface area contributed by atoms with Gasteiger partial charge in [0, 0.05) is 19.0 Å². The molecule has 0 bridgehead atoms. The smallest absolute Gasteiger partial charge is 0.315 e. The third kappa shape index (κ3) is 1.80. The van der Waals surface area contributed by atoms with Crippen molar-refractivity contribution >= 4 is 15.2 Å². The van der Waals surface area contributed by atoms with Crippen LogP contribution in [0.5, 0.6) is 0 Å². The zero-order valence-electron chi connectivity index (χ0n) is 8.82. The Morgan fingerprint density at radius 1 is 1.64 bits per heavy atom. The second-order valence-electron chi connectivity index (χ2n) is 4.88. The van der Waals surface area contributed by atoms with Crippen molar-refractivity contribution in [3.63, 3.8) is 0 Å². The summed E-state index contributed by atoms with van der Waals surface area (Å²) >= 11 is 0. The molecule has 4 atom stereocenters. The molecule has 0 aromatic rings. The van der Waals surface area contributed by atoms with Gasteiger partial charge in [-0.2, -0.15) is 0 Å². The molecular formula is C10H18NO2P. The second-order valence-corrected chi connectivity index (χ2v) is 6.15. The summed E-state index contributed by atoms with van der Waals surface area (Å²) in [6.45, 7) is 4.05. The van der Waals surface area contributed by atoms with Gasteiger partial charge in [0.2, 0.25) is 0 Å². The van der Waals surface area contributed by atoms with E-state index in [0.717, 1.165) is 25.9 Å². The molecular weight excluding hydrogens is 197 g/mol. The SMILES string of the molecule is CN1CCC2OC(=O)C(C)(P)CC2C1. The fraction of sp³-hybridized carbons (Fsp3) is 0.900. The molecule has 14 heavy (non-hydrogen) atoms. The molecule has 0 radical (unpaired) electrons. The van der Waals surface area contributed by atoms with Crippen LogP contribution < -0.4 is 0 Å². The molecule has 0 aliphatic carbocycles. The number of ether oxygens (including phenoxy) is 1. The number of piperidine rings is 1. The molecule has 0 amide bonds. The number of hydrogen-bond acceptors (Lipinski definition) is 3. The Kier molecular flexibility index (Phi) is 2.57. The van der Waals surface area contributed by atoms with Gasteiger partial charge in [-0.05, 0) is 26.8 Å². The van der Waals surface area contributed by atoms with Gasteiger partial charge in [-0.15, -0.1) is 9.24 Å². The molecule has 0 aromatic carbocycles. The Hall–Kier alpha value is -0.140. The Labute approximate surface area is 87.4 Å². The summed E-state index contributed by atoms with van der Waals surface area (Å²) in [7, 11) is 4.77. The van der Waals surface area contributed by atoms with Crippen LogP contribution in [0, 0.1) is 5.92 Å². The quantitative estimate of drug-likeness (QED) is 0.444. The van der Waals surface area contributed by atoms with E-state index in [4.69, 9.17) is 4.74 Å². The molecule has 2 saturated heterocycles. The van der Waals surface area contributed by atoms with Crippen LogP contribution in [0.15, 0.2) is 0 Å². The summed E-state index contributed by atoms with van der Waals surface area (Å²) in [5, 5.41) is -0.362. The van der Waals surface area contributed by atoms with Crippen molar-refractivity contribution in [1.29, 1.82) is 0 Å². The summed E-state index contributed by atoms with van der Waals surface area (Å²) in [6, 6.07) is 0. The van der Waals surface area contributed by atoms with E-state index in [2.05, 4.69) is 21.2 Å². The van der Waals surface area contributed by atoms with Crippen LogP contribution in [0.2, 0.25) is 0 Å². The van der Waals surface area contributed by atoms with Crippen LogP contribution in [0.3, 0.4) is 0 Å². The topological polar surface area (TPSA) is 29.5 Å². The van der Waals surface area contributed by atoms with Gasteiger partial charge in [-0.3, -0.25) is 4.79 Å². The first kappa shape index (κ1) is 10.4. The normalized spacial score (nSPS) is 44.4. The van der Waals surface area contributed by atoms with Crippen LogP contribution in [0.25, 0.3) is 0 Å². The van der Waals surface area contributed by atoms with E-state index in [1.807, 2.05) is 6.92 Å².